The number of likely N-dealkylation sites (tertiary alicyclic amines) is 1. The van der Waals surface area contributed by atoms with E-state index in [2.05, 4.69) is 25.7 Å². The number of hydrogen-bond acceptors (Lipinski definition) is 7. The summed E-state index contributed by atoms with van der Waals surface area (Å²) in [6, 6.07) is 5.59. The Bertz CT molecular complexity index is 1450. The van der Waals surface area contributed by atoms with Crippen LogP contribution in [0.25, 0.3) is 27.7 Å². The predicted octanol–water partition coefficient (Wildman–Crippen LogP) is 3.47. The summed E-state index contributed by atoms with van der Waals surface area (Å²) in [6.45, 7) is 0.572. The zero-order chi connectivity index (χ0) is 26.3. The van der Waals surface area contributed by atoms with Gasteiger partial charge in [-0.1, -0.05) is 18.2 Å². The molecule has 0 radical (unpaired) electrons. The number of carbonyl (C=O) groups excluding carboxylic acids is 1. The number of ether oxygens (including phenoxy) is 1. The van der Waals surface area contributed by atoms with Crippen LogP contribution in [0.5, 0.6) is 5.88 Å². The summed E-state index contributed by atoms with van der Waals surface area (Å²) in [7, 11) is 1.40. The van der Waals surface area contributed by atoms with E-state index in [4.69, 9.17) is 4.74 Å². The van der Waals surface area contributed by atoms with Crippen molar-refractivity contribution >= 4 is 28.4 Å². The molecule has 37 heavy (non-hydrogen) atoms. The Labute approximate surface area is 208 Å². The molecule has 5 rings (SSSR count). The maximum Gasteiger partial charge on any atom is 0.285 e. The number of fused-ring (bicyclic) bond motifs is 2. The van der Waals surface area contributed by atoms with Gasteiger partial charge in [-0.25, -0.2) is 26.8 Å². The second-order valence-corrected chi connectivity index (χ2v) is 8.75. The molecule has 14 heteroatoms. The lowest BCUT2D eigenvalue weighted by atomic mass is 10.0. The average Bonchev–Trinajstić information content (AvgIpc) is 3.47. The largest absolute Gasteiger partial charge is 0.479 e. The van der Waals surface area contributed by atoms with E-state index < -0.39 is 31.5 Å². The van der Waals surface area contributed by atoms with Crippen molar-refractivity contribution in [3.63, 3.8) is 0 Å². The molecule has 0 saturated carbocycles. The third kappa shape index (κ3) is 4.62. The summed E-state index contributed by atoms with van der Waals surface area (Å²) in [5.41, 5.74) is 2.68. The van der Waals surface area contributed by atoms with E-state index >= 15 is 0 Å². The van der Waals surface area contributed by atoms with Gasteiger partial charge in [0, 0.05) is 24.7 Å². The van der Waals surface area contributed by atoms with Gasteiger partial charge in [-0.3, -0.25) is 4.79 Å². The Hall–Kier alpha value is -3.97. The molecule has 0 bridgehead atoms. The molecule has 0 spiro atoms. The standard InChI is InChI=1S/C23H24F4N8O2/c1-3-19(36)33-8-7-17(23(26,27)12-33)28-22-29-21(37-2)20-14(6-9-34(20)31-22)13-4-5-15-16(10-13)35(32-30-15)11-18(24)25/h4-6,9-10,17-18H,3,7-8,11-12H2,1-2H3,(H,28,31)/t17-/m1/s1. The van der Waals surface area contributed by atoms with Crippen molar-refractivity contribution in [2.75, 3.05) is 25.5 Å². The zero-order valence-electron chi connectivity index (χ0n) is 20.0. The fourth-order valence-corrected chi connectivity index (χ4v) is 4.54. The number of hydrogen-bond donors (Lipinski definition) is 1. The fraction of sp³-hybridized carbons (Fsp3) is 0.435. The Kier molecular flexibility index (Phi) is 6.33. The average molecular weight is 520 g/mol. The highest BCUT2D eigenvalue weighted by Gasteiger charge is 2.46. The van der Waals surface area contributed by atoms with Crippen molar-refractivity contribution in [1.82, 2.24) is 34.5 Å². The Morgan fingerprint density at radius 2 is 2.11 bits per heavy atom. The maximum absolute atomic E-state index is 14.8. The number of halogens is 4. The quantitative estimate of drug-likeness (QED) is 0.372. The topological polar surface area (TPSA) is 102 Å². The number of carbonyl (C=O) groups is 1. The summed E-state index contributed by atoms with van der Waals surface area (Å²) < 4.78 is 63.6. The van der Waals surface area contributed by atoms with Crippen molar-refractivity contribution in [3.8, 4) is 17.0 Å². The number of nitrogens with one attached hydrogen (secondary N) is 1. The van der Waals surface area contributed by atoms with Gasteiger partial charge in [0.2, 0.25) is 17.7 Å². The van der Waals surface area contributed by atoms with Gasteiger partial charge >= 0.3 is 0 Å². The molecule has 4 aromatic rings. The molecule has 0 unspecified atom stereocenters. The predicted molar refractivity (Wildman–Crippen MR) is 126 cm³/mol. The smallest absolute Gasteiger partial charge is 0.285 e. The highest BCUT2D eigenvalue weighted by atomic mass is 19.3. The van der Waals surface area contributed by atoms with E-state index in [-0.39, 0.29) is 37.1 Å². The van der Waals surface area contributed by atoms with Crippen molar-refractivity contribution < 1.29 is 27.1 Å². The number of methoxy groups -OCH3 is 1. The third-order valence-corrected chi connectivity index (χ3v) is 6.37. The van der Waals surface area contributed by atoms with E-state index in [1.165, 1.54) is 16.5 Å². The fourth-order valence-electron chi connectivity index (χ4n) is 4.54. The first kappa shape index (κ1) is 24.7. The van der Waals surface area contributed by atoms with Crippen LogP contribution in [0.15, 0.2) is 30.5 Å². The number of rotatable bonds is 7. The van der Waals surface area contributed by atoms with Gasteiger partial charge in [0.1, 0.15) is 17.6 Å². The van der Waals surface area contributed by atoms with Crippen LogP contribution in [0, 0.1) is 0 Å². The van der Waals surface area contributed by atoms with Crippen LogP contribution in [0.2, 0.25) is 0 Å². The molecule has 1 fully saturated rings. The maximum atomic E-state index is 14.8. The minimum absolute atomic E-state index is 0.0275. The van der Waals surface area contributed by atoms with E-state index in [1.807, 2.05) is 0 Å². The van der Waals surface area contributed by atoms with Crippen LogP contribution >= 0.6 is 0 Å². The van der Waals surface area contributed by atoms with Crippen LogP contribution in [0.1, 0.15) is 19.8 Å². The molecule has 1 aliphatic heterocycles. The summed E-state index contributed by atoms with van der Waals surface area (Å²) >= 11 is 0. The molecule has 1 saturated heterocycles. The van der Waals surface area contributed by atoms with Crippen molar-refractivity contribution in [1.29, 1.82) is 0 Å². The van der Waals surface area contributed by atoms with Gasteiger partial charge in [0.05, 0.1) is 25.2 Å². The SMILES string of the molecule is CCC(=O)N1CC[C@@H](Nc2nc(OC)c3c(-c4ccc5nnn(CC(F)F)c5c4)ccn3n2)C(F)(F)C1. The molecule has 1 N–H and O–H groups in total. The monoisotopic (exact) mass is 520 g/mol. The number of piperidine rings is 1. The molecule has 4 heterocycles. The second-order valence-electron chi connectivity index (χ2n) is 8.75. The highest BCUT2D eigenvalue weighted by molar-refractivity contribution is 5.89. The highest BCUT2D eigenvalue weighted by Crippen LogP contribution is 2.34. The van der Waals surface area contributed by atoms with Crippen molar-refractivity contribution in [3.05, 3.63) is 30.5 Å². The Morgan fingerprint density at radius 3 is 2.81 bits per heavy atom. The molecular formula is C23H24F4N8O2. The first-order chi connectivity index (χ1) is 17.7. The molecule has 3 aromatic heterocycles. The van der Waals surface area contributed by atoms with Crippen LogP contribution in [-0.4, -0.2) is 79.0 Å². The summed E-state index contributed by atoms with van der Waals surface area (Å²) in [5, 5.41) is 14.8. The summed E-state index contributed by atoms with van der Waals surface area (Å²) in [6.07, 6.45) is -0.770. The first-order valence-corrected chi connectivity index (χ1v) is 11.7. The number of alkyl halides is 4. The zero-order valence-corrected chi connectivity index (χ0v) is 20.0. The molecule has 10 nitrogen and oxygen atoms in total. The van der Waals surface area contributed by atoms with Gasteiger partial charge in [-0.15, -0.1) is 10.2 Å². The molecule has 1 aliphatic rings. The van der Waals surface area contributed by atoms with Gasteiger partial charge < -0.3 is 15.0 Å². The number of amides is 1. The minimum atomic E-state index is -3.18. The summed E-state index contributed by atoms with van der Waals surface area (Å²) in [5.74, 6) is -3.41. The lowest BCUT2D eigenvalue weighted by Crippen LogP contribution is -2.56. The molecule has 1 atom stereocenters. The lowest BCUT2D eigenvalue weighted by molar-refractivity contribution is -0.142. The number of benzene rings is 1. The number of nitrogens with zero attached hydrogens (tertiary/aromatic N) is 7. The van der Waals surface area contributed by atoms with Crippen LogP contribution in [0.4, 0.5) is 23.5 Å². The molecule has 196 valence electrons. The van der Waals surface area contributed by atoms with E-state index in [9.17, 15) is 22.4 Å². The van der Waals surface area contributed by atoms with Crippen LogP contribution in [0.3, 0.4) is 0 Å². The minimum Gasteiger partial charge on any atom is -0.479 e. The van der Waals surface area contributed by atoms with E-state index in [1.54, 1.807) is 37.4 Å². The van der Waals surface area contributed by atoms with Crippen LogP contribution in [-0.2, 0) is 11.3 Å². The second kappa shape index (κ2) is 9.48. The van der Waals surface area contributed by atoms with Crippen molar-refractivity contribution in [2.45, 2.75) is 44.7 Å². The molecular weight excluding hydrogens is 496 g/mol. The molecule has 0 aliphatic carbocycles. The van der Waals surface area contributed by atoms with E-state index in [0.717, 1.165) is 4.68 Å². The Morgan fingerprint density at radius 1 is 1.30 bits per heavy atom. The van der Waals surface area contributed by atoms with Crippen molar-refractivity contribution in [2.24, 2.45) is 0 Å². The third-order valence-electron chi connectivity index (χ3n) is 6.37. The lowest BCUT2D eigenvalue weighted by Gasteiger charge is -2.38. The van der Waals surface area contributed by atoms with E-state index in [0.29, 0.717) is 27.7 Å². The first-order valence-electron chi connectivity index (χ1n) is 11.7. The van der Waals surface area contributed by atoms with Gasteiger partial charge in [0.25, 0.3) is 12.3 Å². The normalized spacial score (nSPS) is 17.6. The number of aromatic nitrogens is 6. The van der Waals surface area contributed by atoms with Crippen LogP contribution < -0.4 is 10.1 Å². The molecule has 1 amide bonds. The van der Waals surface area contributed by atoms with Gasteiger partial charge in [-0.05, 0) is 30.2 Å². The number of anilines is 1. The van der Waals surface area contributed by atoms with Gasteiger partial charge in [0.15, 0.2) is 0 Å². The molecule has 1 aromatic carbocycles. The van der Waals surface area contributed by atoms with Gasteiger partial charge in [-0.2, -0.15) is 4.98 Å². The Balaban J connectivity index is 1.46. The summed E-state index contributed by atoms with van der Waals surface area (Å²) in [4.78, 5) is 17.4.